The summed E-state index contributed by atoms with van der Waals surface area (Å²) in [6.07, 6.45) is 23.7. The van der Waals surface area contributed by atoms with Crippen molar-refractivity contribution in [2.75, 3.05) is 13.2 Å². The van der Waals surface area contributed by atoms with Crippen molar-refractivity contribution in [3.63, 3.8) is 0 Å². The molecule has 0 aliphatic carbocycles. The maximum atomic E-state index is 6.33. The average Bonchev–Trinajstić information content (AvgIpc) is 2.88. The molecule has 0 heterocycles. The molecule has 2 heteroatoms. The third kappa shape index (κ3) is 12.0. The van der Waals surface area contributed by atoms with Gasteiger partial charge in [0.2, 0.25) is 0 Å². The summed E-state index contributed by atoms with van der Waals surface area (Å²) >= 11 is 0. The highest BCUT2D eigenvalue weighted by Crippen LogP contribution is 2.32. The summed E-state index contributed by atoms with van der Waals surface area (Å²) in [5, 5.41) is 0. The van der Waals surface area contributed by atoms with Crippen molar-refractivity contribution in [3.8, 4) is 11.5 Å². The molecule has 0 radical (unpaired) electrons. The SMILES string of the molecule is CC=Cc1cc(OCCCCCCCC)c(C=Cc2ccc(C)cc2)cc1OCCCCCCCC. The van der Waals surface area contributed by atoms with E-state index in [2.05, 4.69) is 88.4 Å². The van der Waals surface area contributed by atoms with Crippen molar-refractivity contribution in [3.05, 3.63) is 64.7 Å². The molecule has 0 saturated heterocycles. The Morgan fingerprint density at radius 1 is 0.583 bits per heavy atom. The maximum absolute atomic E-state index is 6.33. The first-order chi connectivity index (χ1) is 17.7. The maximum Gasteiger partial charge on any atom is 0.127 e. The third-order valence-corrected chi connectivity index (χ3v) is 6.53. The molecule has 36 heavy (non-hydrogen) atoms. The van der Waals surface area contributed by atoms with Crippen LogP contribution in [0.15, 0.2) is 42.5 Å². The molecule has 2 rings (SSSR count). The van der Waals surface area contributed by atoms with E-state index >= 15 is 0 Å². The zero-order chi connectivity index (χ0) is 25.8. The molecule has 0 spiro atoms. The van der Waals surface area contributed by atoms with Crippen LogP contribution in [0.1, 0.15) is 120 Å². The number of benzene rings is 2. The lowest BCUT2D eigenvalue weighted by Crippen LogP contribution is -2.03. The smallest absolute Gasteiger partial charge is 0.127 e. The van der Waals surface area contributed by atoms with Crippen molar-refractivity contribution in [1.82, 2.24) is 0 Å². The van der Waals surface area contributed by atoms with Crippen LogP contribution in [0.25, 0.3) is 18.2 Å². The Bertz CT molecular complexity index is 892. The first-order valence-electron chi connectivity index (χ1n) is 14.5. The number of ether oxygens (including phenoxy) is 2. The van der Waals surface area contributed by atoms with Gasteiger partial charge in [0.1, 0.15) is 11.5 Å². The largest absolute Gasteiger partial charge is 0.493 e. The van der Waals surface area contributed by atoms with Gasteiger partial charge in [0.25, 0.3) is 0 Å². The number of allylic oxidation sites excluding steroid dienone is 1. The van der Waals surface area contributed by atoms with Crippen LogP contribution in [-0.4, -0.2) is 13.2 Å². The van der Waals surface area contributed by atoms with Gasteiger partial charge in [-0.3, -0.25) is 0 Å². The highest BCUT2D eigenvalue weighted by Gasteiger charge is 2.10. The minimum atomic E-state index is 0.755. The van der Waals surface area contributed by atoms with Crippen molar-refractivity contribution in [1.29, 1.82) is 0 Å². The number of aryl methyl sites for hydroxylation is 1. The quantitative estimate of drug-likeness (QED) is 0.144. The lowest BCUT2D eigenvalue weighted by Gasteiger charge is -2.15. The Balaban J connectivity index is 2.12. The summed E-state index contributed by atoms with van der Waals surface area (Å²) in [6, 6.07) is 12.9. The molecule has 0 saturated carbocycles. The summed E-state index contributed by atoms with van der Waals surface area (Å²) in [4.78, 5) is 0. The Hall–Kier alpha value is -2.48. The van der Waals surface area contributed by atoms with E-state index in [4.69, 9.17) is 9.47 Å². The fraction of sp³-hybridized carbons (Fsp3) is 0.529. The van der Waals surface area contributed by atoms with Gasteiger partial charge < -0.3 is 9.47 Å². The van der Waals surface area contributed by atoms with Gasteiger partial charge >= 0.3 is 0 Å². The fourth-order valence-corrected chi connectivity index (χ4v) is 4.27. The second kappa shape index (κ2) is 18.7. The molecule has 198 valence electrons. The summed E-state index contributed by atoms with van der Waals surface area (Å²) < 4.78 is 12.6. The highest BCUT2D eigenvalue weighted by atomic mass is 16.5. The summed E-state index contributed by atoms with van der Waals surface area (Å²) in [5.74, 6) is 1.88. The van der Waals surface area contributed by atoms with Crippen molar-refractivity contribution in [2.24, 2.45) is 0 Å². The normalized spacial score (nSPS) is 11.6. The van der Waals surface area contributed by atoms with Crippen LogP contribution < -0.4 is 9.47 Å². The monoisotopic (exact) mass is 490 g/mol. The van der Waals surface area contributed by atoms with E-state index in [-0.39, 0.29) is 0 Å². The molecule has 0 aromatic heterocycles. The molecule has 0 N–H and O–H groups in total. The molecule has 0 aliphatic heterocycles. The van der Waals surface area contributed by atoms with Crippen LogP contribution in [0.2, 0.25) is 0 Å². The number of unbranched alkanes of at least 4 members (excludes halogenated alkanes) is 10. The first kappa shape index (κ1) is 29.7. The summed E-state index contributed by atoms with van der Waals surface area (Å²) in [6.45, 7) is 10.2. The van der Waals surface area contributed by atoms with Crippen LogP contribution >= 0.6 is 0 Å². The van der Waals surface area contributed by atoms with Gasteiger partial charge in [-0.25, -0.2) is 0 Å². The molecule has 0 aliphatic rings. The zero-order valence-corrected chi connectivity index (χ0v) is 23.5. The molecule has 0 unspecified atom stereocenters. The zero-order valence-electron chi connectivity index (χ0n) is 23.5. The van der Waals surface area contributed by atoms with Gasteiger partial charge in [-0.2, -0.15) is 0 Å². The fourth-order valence-electron chi connectivity index (χ4n) is 4.27. The van der Waals surface area contributed by atoms with Crippen LogP contribution in [0.4, 0.5) is 0 Å². The highest BCUT2D eigenvalue weighted by molar-refractivity contribution is 5.75. The van der Waals surface area contributed by atoms with E-state index in [0.29, 0.717) is 0 Å². The topological polar surface area (TPSA) is 18.5 Å². The molecular formula is C34H50O2. The van der Waals surface area contributed by atoms with Crippen LogP contribution in [-0.2, 0) is 0 Å². The van der Waals surface area contributed by atoms with E-state index in [1.54, 1.807) is 0 Å². The minimum absolute atomic E-state index is 0.755. The standard InChI is InChI=1S/C34H50O2/c1-5-8-10-12-14-16-25-35-33-28-32(24-23-30-21-19-29(4)20-22-30)34(27-31(33)18-7-3)36-26-17-15-13-11-9-6-2/h7,18-24,27-28H,5-6,8-17,25-26H2,1-4H3. The molecule has 2 aromatic carbocycles. The van der Waals surface area contributed by atoms with Gasteiger partial charge in [0.05, 0.1) is 13.2 Å². The molecule has 2 aromatic rings. The molecule has 0 fully saturated rings. The predicted molar refractivity (Wildman–Crippen MR) is 159 cm³/mol. The Kier molecular flexibility index (Phi) is 15.5. The third-order valence-electron chi connectivity index (χ3n) is 6.53. The lowest BCUT2D eigenvalue weighted by atomic mass is 10.1. The van der Waals surface area contributed by atoms with Crippen molar-refractivity contribution in [2.45, 2.75) is 105 Å². The van der Waals surface area contributed by atoms with E-state index in [9.17, 15) is 0 Å². The Morgan fingerprint density at radius 2 is 1.06 bits per heavy atom. The number of hydrogen-bond acceptors (Lipinski definition) is 2. The van der Waals surface area contributed by atoms with Crippen molar-refractivity contribution < 1.29 is 9.47 Å². The Morgan fingerprint density at radius 3 is 1.56 bits per heavy atom. The molecule has 0 bridgehead atoms. The van der Waals surface area contributed by atoms with Gasteiger partial charge in [-0.05, 0) is 44.4 Å². The van der Waals surface area contributed by atoms with E-state index in [1.807, 2.05) is 0 Å². The average molecular weight is 491 g/mol. The van der Waals surface area contributed by atoms with Crippen molar-refractivity contribution >= 4 is 18.2 Å². The van der Waals surface area contributed by atoms with Crippen LogP contribution in [0, 0.1) is 6.92 Å². The molecule has 0 atom stereocenters. The minimum Gasteiger partial charge on any atom is -0.493 e. The second-order valence-electron chi connectivity index (χ2n) is 9.90. The summed E-state index contributed by atoms with van der Waals surface area (Å²) in [5.41, 5.74) is 4.63. The molecule has 0 amide bonds. The lowest BCUT2D eigenvalue weighted by molar-refractivity contribution is 0.295. The van der Waals surface area contributed by atoms with E-state index in [0.717, 1.165) is 48.7 Å². The molecule has 2 nitrogen and oxygen atoms in total. The number of rotatable bonds is 19. The van der Waals surface area contributed by atoms with Gasteiger partial charge in [-0.1, -0.05) is 132 Å². The first-order valence-corrected chi connectivity index (χ1v) is 14.5. The Labute approximate surface area is 221 Å². The number of hydrogen-bond donors (Lipinski definition) is 0. The summed E-state index contributed by atoms with van der Waals surface area (Å²) in [7, 11) is 0. The predicted octanol–water partition coefficient (Wildman–Crippen LogP) is 10.7. The van der Waals surface area contributed by atoms with Crippen LogP contribution in [0.5, 0.6) is 11.5 Å². The van der Waals surface area contributed by atoms with Gasteiger partial charge in [-0.15, -0.1) is 0 Å². The van der Waals surface area contributed by atoms with Gasteiger partial charge in [0.15, 0.2) is 0 Å². The van der Waals surface area contributed by atoms with E-state index in [1.165, 1.54) is 75.3 Å². The second-order valence-corrected chi connectivity index (χ2v) is 9.90. The van der Waals surface area contributed by atoms with E-state index < -0.39 is 0 Å². The molecular weight excluding hydrogens is 440 g/mol. The van der Waals surface area contributed by atoms with Crippen LogP contribution in [0.3, 0.4) is 0 Å². The van der Waals surface area contributed by atoms with Gasteiger partial charge in [0, 0.05) is 11.1 Å².